The second-order valence-electron chi connectivity index (χ2n) is 6.04. The van der Waals surface area contributed by atoms with E-state index < -0.39 is 10.3 Å². The first kappa shape index (κ1) is 19.9. The third-order valence-corrected chi connectivity index (χ3v) is 4.73. The summed E-state index contributed by atoms with van der Waals surface area (Å²) >= 11 is 6.04. The van der Waals surface area contributed by atoms with E-state index in [1.807, 2.05) is 31.2 Å². The number of carbonyl (C=O) groups excluding carboxylic acids is 1. The summed E-state index contributed by atoms with van der Waals surface area (Å²) in [5.41, 5.74) is 2.28. The van der Waals surface area contributed by atoms with Gasteiger partial charge in [0.25, 0.3) is 5.91 Å². The first-order chi connectivity index (χ1) is 13.2. The van der Waals surface area contributed by atoms with Gasteiger partial charge in [-0.05, 0) is 48.9 Å². The number of furan rings is 1. The molecule has 0 unspecified atom stereocenters. The molecule has 3 aromatic rings. The molecule has 0 bridgehead atoms. The fourth-order valence-corrected chi connectivity index (χ4v) is 3.33. The number of hydrogen-bond acceptors (Lipinski definition) is 5. The van der Waals surface area contributed by atoms with Gasteiger partial charge in [0.15, 0.2) is 11.5 Å². The van der Waals surface area contributed by atoms with Gasteiger partial charge in [0.05, 0.1) is 5.02 Å². The Hall–Kier alpha value is -2.81. The second-order valence-corrected chi connectivity index (χ2v) is 7.60. The molecule has 0 radical (unpaired) electrons. The SMILES string of the molecule is Cc1ccccc1N(C)C(=O)c1ccc(-c2ccc(OS(N)(=O)=O)c(Cl)c2)o1. The van der Waals surface area contributed by atoms with Gasteiger partial charge in [0, 0.05) is 18.3 Å². The van der Waals surface area contributed by atoms with Crippen LogP contribution in [0.2, 0.25) is 5.02 Å². The van der Waals surface area contributed by atoms with Gasteiger partial charge >= 0.3 is 10.3 Å². The molecule has 0 aliphatic heterocycles. The van der Waals surface area contributed by atoms with Crippen LogP contribution in [0, 0.1) is 6.92 Å². The summed E-state index contributed by atoms with van der Waals surface area (Å²) in [5.74, 6) is 0.142. The Morgan fingerprint density at radius 3 is 2.50 bits per heavy atom. The van der Waals surface area contributed by atoms with Gasteiger partial charge in [-0.1, -0.05) is 29.8 Å². The van der Waals surface area contributed by atoms with E-state index in [-0.39, 0.29) is 22.4 Å². The van der Waals surface area contributed by atoms with Gasteiger partial charge in [0.1, 0.15) is 5.76 Å². The van der Waals surface area contributed by atoms with Crippen LogP contribution in [-0.2, 0) is 10.3 Å². The molecule has 0 aliphatic rings. The van der Waals surface area contributed by atoms with Gasteiger partial charge < -0.3 is 13.5 Å². The van der Waals surface area contributed by atoms with Crippen molar-refractivity contribution in [2.24, 2.45) is 5.14 Å². The first-order valence-corrected chi connectivity index (χ1v) is 9.96. The molecule has 3 rings (SSSR count). The van der Waals surface area contributed by atoms with E-state index in [1.165, 1.54) is 17.0 Å². The van der Waals surface area contributed by atoms with Crippen LogP contribution in [0.4, 0.5) is 5.69 Å². The Bertz CT molecular complexity index is 1140. The van der Waals surface area contributed by atoms with Crippen LogP contribution in [0.1, 0.15) is 16.1 Å². The van der Waals surface area contributed by atoms with E-state index in [2.05, 4.69) is 4.18 Å². The number of benzene rings is 2. The van der Waals surface area contributed by atoms with Crippen molar-refractivity contribution >= 4 is 33.5 Å². The number of hydrogen-bond donors (Lipinski definition) is 1. The Labute approximate surface area is 167 Å². The van der Waals surface area contributed by atoms with Gasteiger partial charge in [-0.15, -0.1) is 0 Å². The van der Waals surface area contributed by atoms with E-state index in [9.17, 15) is 13.2 Å². The summed E-state index contributed by atoms with van der Waals surface area (Å²) in [6.45, 7) is 1.92. The van der Waals surface area contributed by atoms with Crippen LogP contribution in [0.3, 0.4) is 0 Å². The topological polar surface area (TPSA) is 103 Å². The maximum atomic E-state index is 12.7. The molecule has 1 aromatic heterocycles. The number of nitrogens with zero attached hydrogens (tertiary/aromatic N) is 1. The lowest BCUT2D eigenvalue weighted by atomic mass is 10.1. The summed E-state index contributed by atoms with van der Waals surface area (Å²) in [5, 5.41) is 4.87. The maximum absolute atomic E-state index is 12.7. The maximum Gasteiger partial charge on any atom is 0.380 e. The van der Waals surface area contributed by atoms with Gasteiger partial charge in [-0.25, -0.2) is 0 Å². The average molecular weight is 421 g/mol. The lowest BCUT2D eigenvalue weighted by Gasteiger charge is -2.18. The molecule has 1 heterocycles. The number of para-hydroxylation sites is 1. The van der Waals surface area contributed by atoms with Crippen LogP contribution in [0.15, 0.2) is 59.0 Å². The zero-order valence-electron chi connectivity index (χ0n) is 15.0. The molecule has 0 atom stereocenters. The highest BCUT2D eigenvalue weighted by atomic mass is 35.5. The molecule has 146 valence electrons. The van der Waals surface area contributed by atoms with Crippen molar-refractivity contribution in [1.29, 1.82) is 0 Å². The van der Waals surface area contributed by atoms with Crippen molar-refractivity contribution in [3.63, 3.8) is 0 Å². The molecule has 0 spiro atoms. The summed E-state index contributed by atoms with van der Waals surface area (Å²) < 4.78 is 32.3. The summed E-state index contributed by atoms with van der Waals surface area (Å²) in [4.78, 5) is 14.2. The molecule has 9 heteroatoms. The van der Waals surface area contributed by atoms with E-state index in [1.54, 1.807) is 25.2 Å². The van der Waals surface area contributed by atoms with Crippen molar-refractivity contribution in [2.45, 2.75) is 6.92 Å². The molecule has 0 saturated carbocycles. The van der Waals surface area contributed by atoms with Crippen LogP contribution in [-0.4, -0.2) is 21.4 Å². The van der Waals surface area contributed by atoms with Gasteiger partial charge in [0.2, 0.25) is 0 Å². The third kappa shape index (κ3) is 4.36. The molecule has 0 aliphatic carbocycles. The zero-order valence-corrected chi connectivity index (χ0v) is 16.6. The fraction of sp³-hybridized carbons (Fsp3) is 0.105. The van der Waals surface area contributed by atoms with Crippen molar-refractivity contribution in [3.8, 4) is 17.1 Å². The summed E-state index contributed by atoms with van der Waals surface area (Å²) in [6, 6.07) is 15.1. The molecule has 1 amide bonds. The predicted octanol–water partition coefficient (Wildman–Crippen LogP) is 3.77. The number of carbonyl (C=O) groups is 1. The van der Waals surface area contributed by atoms with Gasteiger partial charge in [-0.2, -0.15) is 13.6 Å². The third-order valence-electron chi connectivity index (χ3n) is 4.02. The highest BCUT2D eigenvalue weighted by Gasteiger charge is 2.19. The van der Waals surface area contributed by atoms with Crippen molar-refractivity contribution in [1.82, 2.24) is 0 Å². The summed E-state index contributed by atoms with van der Waals surface area (Å²) in [7, 11) is -2.51. The van der Waals surface area contributed by atoms with E-state index >= 15 is 0 Å². The number of aryl methyl sites for hydroxylation is 1. The minimum atomic E-state index is -4.18. The van der Waals surface area contributed by atoms with Crippen LogP contribution < -0.4 is 14.2 Å². The lowest BCUT2D eigenvalue weighted by molar-refractivity contribution is 0.0967. The number of amides is 1. The zero-order chi connectivity index (χ0) is 20.5. The first-order valence-electron chi connectivity index (χ1n) is 8.11. The molecular weight excluding hydrogens is 404 g/mol. The smallest absolute Gasteiger partial charge is 0.380 e. The molecule has 28 heavy (non-hydrogen) atoms. The Morgan fingerprint density at radius 2 is 1.86 bits per heavy atom. The largest absolute Gasteiger partial charge is 0.451 e. The van der Waals surface area contributed by atoms with Crippen LogP contribution >= 0.6 is 11.6 Å². The summed E-state index contributed by atoms with van der Waals surface area (Å²) in [6.07, 6.45) is 0. The number of rotatable bonds is 5. The molecular formula is C19H17ClN2O5S. The highest BCUT2D eigenvalue weighted by Crippen LogP contribution is 2.32. The normalized spacial score (nSPS) is 11.3. The molecule has 2 N–H and O–H groups in total. The van der Waals surface area contributed by atoms with E-state index in [0.717, 1.165) is 11.3 Å². The predicted molar refractivity (Wildman–Crippen MR) is 107 cm³/mol. The van der Waals surface area contributed by atoms with Crippen LogP contribution in [0.25, 0.3) is 11.3 Å². The number of halogens is 1. The van der Waals surface area contributed by atoms with Crippen molar-refractivity contribution in [2.75, 3.05) is 11.9 Å². The molecule has 2 aromatic carbocycles. The molecule has 7 nitrogen and oxygen atoms in total. The Kier molecular flexibility index (Phi) is 5.46. The Balaban J connectivity index is 1.85. The minimum Gasteiger partial charge on any atom is -0.451 e. The second kappa shape index (κ2) is 7.67. The van der Waals surface area contributed by atoms with Gasteiger partial charge in [-0.3, -0.25) is 4.79 Å². The fourth-order valence-electron chi connectivity index (χ4n) is 2.67. The standard InChI is InChI=1S/C19H17ClN2O5S/c1-12-5-3-4-6-15(12)22(2)19(23)18-10-9-16(26-18)13-7-8-17(14(20)11-13)27-28(21,24)25/h3-11H,1-2H3,(H2,21,24,25). The average Bonchev–Trinajstić information content (AvgIpc) is 3.11. The monoisotopic (exact) mass is 420 g/mol. The quantitative estimate of drug-likeness (QED) is 0.676. The van der Waals surface area contributed by atoms with E-state index in [4.69, 9.17) is 21.2 Å². The number of anilines is 1. The Morgan fingerprint density at radius 1 is 1.14 bits per heavy atom. The number of nitrogens with two attached hydrogens (primary N) is 1. The highest BCUT2D eigenvalue weighted by molar-refractivity contribution is 7.84. The molecule has 0 saturated heterocycles. The lowest BCUT2D eigenvalue weighted by Crippen LogP contribution is -2.26. The van der Waals surface area contributed by atoms with Crippen molar-refractivity contribution < 1.29 is 21.8 Å². The van der Waals surface area contributed by atoms with E-state index in [0.29, 0.717) is 11.3 Å². The minimum absolute atomic E-state index is 0.0350. The van der Waals surface area contributed by atoms with Crippen LogP contribution in [0.5, 0.6) is 5.75 Å². The molecule has 0 fully saturated rings. The van der Waals surface area contributed by atoms with Crippen molar-refractivity contribution in [3.05, 3.63) is 70.9 Å².